The Labute approximate surface area is 107 Å². The van der Waals surface area contributed by atoms with Gasteiger partial charge in [-0.2, -0.15) is 0 Å². The van der Waals surface area contributed by atoms with Gasteiger partial charge in [0, 0.05) is 25.2 Å². The van der Waals surface area contributed by atoms with E-state index >= 15 is 0 Å². The second kappa shape index (κ2) is 5.69. The van der Waals surface area contributed by atoms with Crippen molar-refractivity contribution < 1.29 is 9.53 Å². The molecule has 18 heavy (non-hydrogen) atoms. The zero-order valence-corrected chi connectivity index (χ0v) is 10.7. The fraction of sp³-hybridized carbons (Fsp3) is 0.357. The first kappa shape index (κ1) is 12.6. The number of methoxy groups -OCH3 is 1. The van der Waals surface area contributed by atoms with E-state index in [2.05, 4.69) is 10.6 Å². The van der Waals surface area contributed by atoms with Crippen LogP contribution in [-0.2, 0) is 11.3 Å². The van der Waals surface area contributed by atoms with Crippen LogP contribution in [0.5, 0.6) is 5.75 Å². The molecule has 0 aliphatic carbocycles. The SMILES string of the molecule is COc1ccc(CNC(=O)C(C)=C2CNC2)cc1. The summed E-state index contributed by atoms with van der Waals surface area (Å²) in [7, 11) is 1.64. The summed E-state index contributed by atoms with van der Waals surface area (Å²) < 4.78 is 5.08. The Hall–Kier alpha value is -1.81. The Morgan fingerprint density at radius 3 is 2.50 bits per heavy atom. The van der Waals surface area contributed by atoms with E-state index in [1.54, 1.807) is 7.11 Å². The first-order valence-electron chi connectivity index (χ1n) is 6.01. The molecule has 1 fully saturated rings. The van der Waals surface area contributed by atoms with Gasteiger partial charge in [-0.05, 0) is 30.2 Å². The summed E-state index contributed by atoms with van der Waals surface area (Å²) in [4.78, 5) is 11.9. The molecule has 4 nitrogen and oxygen atoms in total. The van der Waals surface area contributed by atoms with Crippen LogP contribution in [0, 0.1) is 0 Å². The lowest BCUT2D eigenvalue weighted by molar-refractivity contribution is -0.117. The summed E-state index contributed by atoms with van der Waals surface area (Å²) in [6.45, 7) is 4.09. The van der Waals surface area contributed by atoms with Crippen molar-refractivity contribution in [1.29, 1.82) is 0 Å². The third-order valence-electron chi connectivity index (χ3n) is 3.16. The fourth-order valence-corrected chi connectivity index (χ4v) is 1.73. The van der Waals surface area contributed by atoms with E-state index in [9.17, 15) is 4.79 Å². The van der Waals surface area contributed by atoms with Crippen molar-refractivity contribution in [2.45, 2.75) is 13.5 Å². The van der Waals surface area contributed by atoms with E-state index in [0.717, 1.165) is 30.0 Å². The molecule has 1 amide bonds. The average molecular weight is 246 g/mol. The smallest absolute Gasteiger partial charge is 0.247 e. The molecule has 0 radical (unpaired) electrons. The van der Waals surface area contributed by atoms with E-state index in [4.69, 9.17) is 4.74 Å². The lowest BCUT2D eigenvalue weighted by Gasteiger charge is -2.21. The third-order valence-corrected chi connectivity index (χ3v) is 3.16. The molecule has 1 heterocycles. The van der Waals surface area contributed by atoms with Gasteiger partial charge in [-0.25, -0.2) is 0 Å². The van der Waals surface area contributed by atoms with Crippen molar-refractivity contribution in [3.63, 3.8) is 0 Å². The number of benzene rings is 1. The summed E-state index contributed by atoms with van der Waals surface area (Å²) >= 11 is 0. The average Bonchev–Trinajstić information content (AvgIpc) is 2.34. The minimum Gasteiger partial charge on any atom is -0.497 e. The van der Waals surface area contributed by atoms with E-state index in [0.29, 0.717) is 6.54 Å². The molecule has 1 aromatic rings. The lowest BCUT2D eigenvalue weighted by Crippen LogP contribution is -2.37. The van der Waals surface area contributed by atoms with E-state index in [1.807, 2.05) is 31.2 Å². The molecular weight excluding hydrogens is 228 g/mol. The monoisotopic (exact) mass is 246 g/mol. The molecule has 1 aliphatic heterocycles. The molecule has 4 heteroatoms. The van der Waals surface area contributed by atoms with Crippen LogP contribution in [0.4, 0.5) is 0 Å². The summed E-state index contributed by atoms with van der Waals surface area (Å²) in [5.74, 6) is 0.839. The molecule has 96 valence electrons. The highest BCUT2D eigenvalue weighted by atomic mass is 16.5. The highest BCUT2D eigenvalue weighted by Crippen LogP contribution is 2.12. The normalized spacial score (nSPS) is 13.8. The quantitative estimate of drug-likeness (QED) is 0.786. The third kappa shape index (κ3) is 2.90. The number of hydrogen-bond donors (Lipinski definition) is 2. The standard InChI is InChI=1S/C14H18N2O2/c1-10(12-8-15-9-12)14(17)16-7-11-3-5-13(18-2)6-4-11/h3-6,15H,7-9H2,1-2H3,(H,16,17). The Morgan fingerprint density at radius 2 is 2.00 bits per heavy atom. The lowest BCUT2D eigenvalue weighted by atomic mass is 10.0. The molecular formula is C14H18N2O2. The first-order chi connectivity index (χ1) is 8.70. The predicted octanol–water partition coefficient (Wildman–Crippen LogP) is 1.23. The van der Waals surface area contributed by atoms with Crippen LogP contribution >= 0.6 is 0 Å². The van der Waals surface area contributed by atoms with Gasteiger partial charge in [-0.15, -0.1) is 0 Å². The van der Waals surface area contributed by atoms with Gasteiger partial charge in [-0.1, -0.05) is 12.1 Å². The van der Waals surface area contributed by atoms with Crippen LogP contribution in [0.1, 0.15) is 12.5 Å². The Balaban J connectivity index is 1.88. The van der Waals surface area contributed by atoms with Crippen molar-refractivity contribution >= 4 is 5.91 Å². The van der Waals surface area contributed by atoms with Crippen LogP contribution in [0.25, 0.3) is 0 Å². The minimum absolute atomic E-state index is 0.0160. The fourth-order valence-electron chi connectivity index (χ4n) is 1.73. The number of nitrogens with one attached hydrogen (secondary N) is 2. The van der Waals surface area contributed by atoms with Crippen molar-refractivity contribution in [2.24, 2.45) is 0 Å². The van der Waals surface area contributed by atoms with Crippen LogP contribution < -0.4 is 15.4 Å². The summed E-state index contributed by atoms with van der Waals surface area (Å²) in [6, 6.07) is 7.68. The molecule has 0 unspecified atom stereocenters. The zero-order chi connectivity index (χ0) is 13.0. The highest BCUT2D eigenvalue weighted by molar-refractivity contribution is 5.93. The maximum absolute atomic E-state index is 11.9. The van der Waals surface area contributed by atoms with Crippen molar-refractivity contribution in [3.05, 3.63) is 41.0 Å². The number of hydrogen-bond acceptors (Lipinski definition) is 3. The summed E-state index contributed by atoms with van der Waals surface area (Å²) in [5, 5.41) is 6.05. The minimum atomic E-state index is 0.0160. The second-order valence-corrected chi connectivity index (χ2v) is 4.36. The van der Waals surface area contributed by atoms with Crippen LogP contribution in [0.2, 0.25) is 0 Å². The van der Waals surface area contributed by atoms with Crippen LogP contribution in [-0.4, -0.2) is 26.1 Å². The maximum atomic E-state index is 11.9. The number of carbonyl (C=O) groups is 1. The molecule has 0 atom stereocenters. The van der Waals surface area contributed by atoms with Gasteiger partial charge in [0.2, 0.25) is 5.91 Å². The number of carbonyl (C=O) groups excluding carboxylic acids is 1. The first-order valence-corrected chi connectivity index (χ1v) is 6.01. The molecule has 1 saturated heterocycles. The molecule has 0 saturated carbocycles. The van der Waals surface area contributed by atoms with Gasteiger partial charge < -0.3 is 15.4 Å². The van der Waals surface area contributed by atoms with Gasteiger partial charge in [-0.3, -0.25) is 4.79 Å². The maximum Gasteiger partial charge on any atom is 0.247 e. The topological polar surface area (TPSA) is 50.4 Å². The number of rotatable bonds is 4. The van der Waals surface area contributed by atoms with Gasteiger partial charge in [0.1, 0.15) is 5.75 Å². The second-order valence-electron chi connectivity index (χ2n) is 4.36. The zero-order valence-electron chi connectivity index (χ0n) is 10.7. The molecule has 2 rings (SSSR count). The number of amides is 1. The molecule has 2 N–H and O–H groups in total. The van der Waals surface area contributed by atoms with Gasteiger partial charge in [0.15, 0.2) is 0 Å². The van der Waals surface area contributed by atoms with Crippen molar-refractivity contribution in [2.75, 3.05) is 20.2 Å². The van der Waals surface area contributed by atoms with E-state index in [1.165, 1.54) is 5.57 Å². The molecule has 1 aromatic carbocycles. The molecule has 1 aliphatic rings. The van der Waals surface area contributed by atoms with E-state index in [-0.39, 0.29) is 5.91 Å². The Morgan fingerprint density at radius 1 is 1.33 bits per heavy atom. The van der Waals surface area contributed by atoms with Gasteiger partial charge >= 0.3 is 0 Å². The Bertz CT molecular complexity index is 457. The van der Waals surface area contributed by atoms with Crippen molar-refractivity contribution in [3.8, 4) is 5.75 Å². The Kier molecular flexibility index (Phi) is 3.99. The highest BCUT2D eigenvalue weighted by Gasteiger charge is 2.15. The molecule has 0 bridgehead atoms. The summed E-state index contributed by atoms with van der Waals surface area (Å²) in [5.41, 5.74) is 3.10. The van der Waals surface area contributed by atoms with Crippen LogP contribution in [0.3, 0.4) is 0 Å². The predicted molar refractivity (Wildman–Crippen MR) is 70.4 cm³/mol. The van der Waals surface area contributed by atoms with Crippen LogP contribution in [0.15, 0.2) is 35.4 Å². The van der Waals surface area contributed by atoms with E-state index < -0.39 is 0 Å². The van der Waals surface area contributed by atoms with Gasteiger partial charge in [0.25, 0.3) is 0 Å². The van der Waals surface area contributed by atoms with Crippen molar-refractivity contribution in [1.82, 2.24) is 10.6 Å². The molecule has 0 aromatic heterocycles. The summed E-state index contributed by atoms with van der Waals surface area (Å²) in [6.07, 6.45) is 0. The van der Waals surface area contributed by atoms with Gasteiger partial charge in [0.05, 0.1) is 7.11 Å². The largest absolute Gasteiger partial charge is 0.497 e. The number of ether oxygens (including phenoxy) is 1. The molecule has 0 spiro atoms.